The summed E-state index contributed by atoms with van der Waals surface area (Å²) in [4.78, 5) is 0. The molecule has 0 spiro atoms. The van der Waals surface area contributed by atoms with Crippen LogP contribution in [0.3, 0.4) is 0 Å². The predicted octanol–water partition coefficient (Wildman–Crippen LogP) is 4.59. The maximum absolute atomic E-state index is 13.8. The lowest BCUT2D eigenvalue weighted by Gasteiger charge is -2.12. The van der Waals surface area contributed by atoms with Crippen molar-refractivity contribution < 1.29 is 9.13 Å². The van der Waals surface area contributed by atoms with Gasteiger partial charge in [0.05, 0.1) is 15.9 Å². The molecule has 0 radical (unpaired) electrons. The zero-order valence-corrected chi connectivity index (χ0v) is 14.5. The van der Waals surface area contributed by atoms with Crippen molar-refractivity contribution in [1.82, 2.24) is 9.78 Å². The molecule has 0 N–H and O–H groups in total. The molecule has 108 valence electrons. The molecule has 0 saturated carbocycles. The fraction of sp³-hybridized carbons (Fsp3) is 0.357. The van der Waals surface area contributed by atoms with Crippen LogP contribution in [0.5, 0.6) is 5.75 Å². The van der Waals surface area contributed by atoms with E-state index in [2.05, 4.69) is 37.0 Å². The summed E-state index contributed by atoms with van der Waals surface area (Å²) in [5.74, 6) is -0.0601. The summed E-state index contributed by atoms with van der Waals surface area (Å²) in [5, 5.41) is 4.94. The molecule has 1 heterocycles. The summed E-state index contributed by atoms with van der Waals surface area (Å²) in [7, 11) is 0. The number of aryl methyl sites for hydroxylation is 2. The standard InChI is InChI=1S/C14H15Br2FN2O/c1-3-19-12(13(16)9(2)18-19)8-20-14-10(7-15)5-4-6-11(14)17/h4-6H,3,7-8H2,1-2H3. The average Bonchev–Trinajstić information content (AvgIpc) is 2.72. The quantitative estimate of drug-likeness (QED) is 0.680. The third-order valence-electron chi connectivity index (χ3n) is 3.00. The van der Waals surface area contributed by atoms with E-state index in [1.807, 2.05) is 24.6 Å². The molecule has 2 aromatic rings. The third-order valence-corrected chi connectivity index (χ3v) is 4.63. The van der Waals surface area contributed by atoms with Gasteiger partial charge in [-0.3, -0.25) is 4.68 Å². The van der Waals surface area contributed by atoms with Crippen LogP contribution < -0.4 is 4.74 Å². The van der Waals surface area contributed by atoms with E-state index in [1.54, 1.807) is 6.07 Å². The van der Waals surface area contributed by atoms with Gasteiger partial charge < -0.3 is 4.74 Å². The minimum atomic E-state index is -0.350. The highest BCUT2D eigenvalue weighted by atomic mass is 79.9. The Hall–Kier alpha value is -0.880. The van der Waals surface area contributed by atoms with Crippen molar-refractivity contribution in [3.8, 4) is 5.75 Å². The molecular formula is C14H15Br2FN2O. The van der Waals surface area contributed by atoms with E-state index in [1.165, 1.54) is 6.07 Å². The summed E-state index contributed by atoms with van der Waals surface area (Å²) < 4.78 is 22.3. The van der Waals surface area contributed by atoms with Gasteiger partial charge in [0, 0.05) is 17.4 Å². The molecule has 3 nitrogen and oxygen atoms in total. The third kappa shape index (κ3) is 3.06. The number of para-hydroxylation sites is 1. The van der Waals surface area contributed by atoms with Crippen LogP contribution in [0.2, 0.25) is 0 Å². The van der Waals surface area contributed by atoms with Crippen LogP contribution in [0.15, 0.2) is 22.7 Å². The van der Waals surface area contributed by atoms with Crippen LogP contribution in [0.4, 0.5) is 4.39 Å². The van der Waals surface area contributed by atoms with Crippen LogP contribution in [0.25, 0.3) is 0 Å². The molecule has 0 unspecified atom stereocenters. The van der Waals surface area contributed by atoms with E-state index in [0.717, 1.165) is 28.0 Å². The number of hydrogen-bond acceptors (Lipinski definition) is 2. The molecule has 0 saturated heterocycles. The number of ether oxygens (including phenoxy) is 1. The van der Waals surface area contributed by atoms with Crippen molar-refractivity contribution in [2.45, 2.75) is 32.3 Å². The highest BCUT2D eigenvalue weighted by molar-refractivity contribution is 9.10. The van der Waals surface area contributed by atoms with Gasteiger partial charge in [-0.2, -0.15) is 5.10 Å². The number of benzene rings is 1. The fourth-order valence-corrected chi connectivity index (χ4v) is 2.81. The molecule has 1 aromatic heterocycles. The van der Waals surface area contributed by atoms with E-state index in [9.17, 15) is 4.39 Å². The number of rotatable bonds is 5. The van der Waals surface area contributed by atoms with Crippen molar-refractivity contribution in [3.05, 3.63) is 45.4 Å². The van der Waals surface area contributed by atoms with Gasteiger partial charge in [0.15, 0.2) is 11.6 Å². The SMILES string of the molecule is CCn1nc(C)c(Br)c1COc1c(F)cccc1CBr. The predicted molar refractivity (Wildman–Crippen MR) is 83.7 cm³/mol. The van der Waals surface area contributed by atoms with E-state index in [4.69, 9.17) is 4.74 Å². The first kappa shape index (κ1) is 15.5. The smallest absolute Gasteiger partial charge is 0.165 e. The topological polar surface area (TPSA) is 27.1 Å². The summed E-state index contributed by atoms with van der Waals surface area (Å²) in [6.45, 7) is 4.95. The molecule has 6 heteroatoms. The highest BCUT2D eigenvalue weighted by Gasteiger charge is 2.15. The molecular weight excluding hydrogens is 391 g/mol. The number of nitrogens with zero attached hydrogens (tertiary/aromatic N) is 2. The van der Waals surface area contributed by atoms with Crippen LogP contribution in [0.1, 0.15) is 23.9 Å². The lowest BCUT2D eigenvalue weighted by atomic mass is 10.2. The monoisotopic (exact) mass is 404 g/mol. The fourth-order valence-electron chi connectivity index (χ4n) is 1.97. The van der Waals surface area contributed by atoms with Crippen molar-refractivity contribution in [2.75, 3.05) is 0 Å². The van der Waals surface area contributed by atoms with Crippen molar-refractivity contribution in [3.63, 3.8) is 0 Å². The molecule has 0 aliphatic heterocycles. The molecule has 1 aromatic carbocycles. The van der Waals surface area contributed by atoms with E-state index < -0.39 is 0 Å². The molecule has 0 aliphatic carbocycles. The number of halogens is 3. The van der Waals surface area contributed by atoms with Crippen molar-refractivity contribution in [1.29, 1.82) is 0 Å². The summed E-state index contributed by atoms with van der Waals surface area (Å²) in [6.07, 6.45) is 0. The number of aromatic nitrogens is 2. The van der Waals surface area contributed by atoms with Gasteiger partial charge in [-0.25, -0.2) is 4.39 Å². The normalized spacial score (nSPS) is 10.8. The molecule has 0 atom stereocenters. The maximum atomic E-state index is 13.8. The van der Waals surface area contributed by atoms with Gasteiger partial charge in [-0.15, -0.1) is 0 Å². The summed E-state index contributed by atoms with van der Waals surface area (Å²) in [5.41, 5.74) is 2.61. The van der Waals surface area contributed by atoms with Crippen LogP contribution in [-0.2, 0) is 18.5 Å². The van der Waals surface area contributed by atoms with Gasteiger partial charge in [0.2, 0.25) is 0 Å². The Morgan fingerprint density at radius 3 is 2.80 bits per heavy atom. The Bertz CT molecular complexity index is 613. The maximum Gasteiger partial charge on any atom is 0.165 e. The first-order chi connectivity index (χ1) is 9.58. The molecule has 0 bridgehead atoms. The zero-order valence-electron chi connectivity index (χ0n) is 11.3. The Balaban J connectivity index is 2.25. The first-order valence-corrected chi connectivity index (χ1v) is 8.17. The van der Waals surface area contributed by atoms with Gasteiger partial charge >= 0.3 is 0 Å². The lowest BCUT2D eigenvalue weighted by Crippen LogP contribution is -2.08. The molecule has 2 rings (SSSR count). The minimum Gasteiger partial charge on any atom is -0.484 e. The Morgan fingerprint density at radius 2 is 2.15 bits per heavy atom. The second-order valence-corrected chi connectivity index (χ2v) is 5.67. The van der Waals surface area contributed by atoms with Gasteiger partial charge in [-0.05, 0) is 35.8 Å². The lowest BCUT2D eigenvalue weighted by molar-refractivity contribution is 0.275. The number of alkyl halides is 1. The second-order valence-electron chi connectivity index (χ2n) is 4.31. The first-order valence-electron chi connectivity index (χ1n) is 6.26. The van der Waals surface area contributed by atoms with Crippen molar-refractivity contribution in [2.24, 2.45) is 0 Å². The van der Waals surface area contributed by atoms with E-state index >= 15 is 0 Å². The average molecular weight is 406 g/mol. The Labute approximate surface area is 134 Å². The van der Waals surface area contributed by atoms with Crippen LogP contribution >= 0.6 is 31.9 Å². The van der Waals surface area contributed by atoms with E-state index in [-0.39, 0.29) is 18.2 Å². The molecule has 0 aliphatic rings. The molecule has 20 heavy (non-hydrogen) atoms. The zero-order chi connectivity index (χ0) is 14.7. The Kier molecular flexibility index (Phi) is 5.21. The number of hydrogen-bond donors (Lipinski definition) is 0. The van der Waals surface area contributed by atoms with Gasteiger partial charge in [0.1, 0.15) is 6.61 Å². The molecule has 0 fully saturated rings. The van der Waals surface area contributed by atoms with Gasteiger partial charge in [-0.1, -0.05) is 28.1 Å². The minimum absolute atomic E-state index is 0.274. The summed E-state index contributed by atoms with van der Waals surface area (Å²) in [6, 6.07) is 4.92. The largest absolute Gasteiger partial charge is 0.484 e. The summed E-state index contributed by atoms with van der Waals surface area (Å²) >= 11 is 6.85. The van der Waals surface area contributed by atoms with E-state index in [0.29, 0.717) is 5.33 Å². The van der Waals surface area contributed by atoms with Gasteiger partial charge in [0.25, 0.3) is 0 Å². The van der Waals surface area contributed by atoms with Crippen LogP contribution in [-0.4, -0.2) is 9.78 Å². The van der Waals surface area contributed by atoms with Crippen molar-refractivity contribution >= 4 is 31.9 Å². The van der Waals surface area contributed by atoms with Crippen LogP contribution in [0, 0.1) is 12.7 Å². The second kappa shape index (κ2) is 6.72. The highest BCUT2D eigenvalue weighted by Crippen LogP contribution is 2.28. The molecule has 0 amide bonds. The Morgan fingerprint density at radius 1 is 1.40 bits per heavy atom.